The second-order valence-electron chi connectivity index (χ2n) is 4.23. The van der Waals surface area contributed by atoms with Crippen LogP contribution in [0.15, 0.2) is 24.5 Å². The van der Waals surface area contributed by atoms with Crippen LogP contribution in [0.25, 0.3) is 0 Å². The molecule has 0 amide bonds. The lowest BCUT2D eigenvalue weighted by Gasteiger charge is -2.11. The number of carbonyl (C=O) groups is 1. The van der Waals surface area contributed by atoms with E-state index in [9.17, 15) is 4.79 Å². The number of methoxy groups -OCH3 is 1. The first-order valence-corrected chi connectivity index (χ1v) is 5.76. The molecule has 0 unspecified atom stereocenters. The van der Waals surface area contributed by atoms with Crippen molar-refractivity contribution in [3.8, 4) is 5.75 Å². The van der Waals surface area contributed by atoms with Crippen LogP contribution in [0.4, 0.5) is 0 Å². The maximum Gasteiger partial charge on any atom is 0.150 e. The van der Waals surface area contributed by atoms with E-state index in [1.165, 1.54) is 0 Å². The van der Waals surface area contributed by atoms with Crippen LogP contribution < -0.4 is 4.74 Å². The van der Waals surface area contributed by atoms with Crippen LogP contribution in [0.2, 0.25) is 0 Å². The Labute approximate surface area is 106 Å². The van der Waals surface area contributed by atoms with Crippen molar-refractivity contribution in [2.24, 2.45) is 0 Å². The summed E-state index contributed by atoms with van der Waals surface area (Å²) in [5.41, 5.74) is 3.76. The van der Waals surface area contributed by atoms with Gasteiger partial charge < -0.3 is 9.30 Å². The molecule has 2 aromatic rings. The molecular weight excluding hydrogens is 228 g/mol. The predicted molar refractivity (Wildman–Crippen MR) is 69.2 cm³/mol. The van der Waals surface area contributed by atoms with Gasteiger partial charge in [0.05, 0.1) is 25.7 Å². The van der Waals surface area contributed by atoms with Crippen molar-refractivity contribution in [3.05, 3.63) is 47.0 Å². The largest absolute Gasteiger partial charge is 0.496 e. The van der Waals surface area contributed by atoms with Gasteiger partial charge in [0.1, 0.15) is 12.0 Å². The molecule has 0 saturated heterocycles. The van der Waals surface area contributed by atoms with Crippen LogP contribution in [0.1, 0.15) is 27.3 Å². The van der Waals surface area contributed by atoms with Gasteiger partial charge in [-0.05, 0) is 32.0 Å². The molecule has 0 atom stereocenters. The number of aldehydes is 1. The zero-order valence-corrected chi connectivity index (χ0v) is 10.8. The van der Waals surface area contributed by atoms with Gasteiger partial charge in [0.2, 0.25) is 0 Å². The molecule has 18 heavy (non-hydrogen) atoms. The zero-order chi connectivity index (χ0) is 13.1. The minimum absolute atomic E-state index is 0.650. The smallest absolute Gasteiger partial charge is 0.150 e. The third-order valence-electron chi connectivity index (χ3n) is 3.13. The summed E-state index contributed by atoms with van der Waals surface area (Å²) in [6, 6.07) is 5.42. The molecule has 2 rings (SSSR count). The first-order valence-electron chi connectivity index (χ1n) is 5.76. The quantitative estimate of drug-likeness (QED) is 0.775. The van der Waals surface area contributed by atoms with Gasteiger partial charge in [-0.1, -0.05) is 0 Å². The van der Waals surface area contributed by atoms with Gasteiger partial charge in [-0.2, -0.15) is 0 Å². The summed E-state index contributed by atoms with van der Waals surface area (Å²) in [6.45, 7) is 4.65. The number of hydrogen-bond acceptors (Lipinski definition) is 3. The molecule has 0 N–H and O–H groups in total. The van der Waals surface area contributed by atoms with Crippen molar-refractivity contribution >= 4 is 6.29 Å². The Morgan fingerprint density at radius 2 is 2.17 bits per heavy atom. The highest BCUT2D eigenvalue weighted by Crippen LogP contribution is 2.21. The summed E-state index contributed by atoms with van der Waals surface area (Å²) in [5, 5.41) is 0. The normalized spacial score (nSPS) is 10.4. The van der Waals surface area contributed by atoms with Crippen LogP contribution in [-0.2, 0) is 6.54 Å². The standard InChI is InChI=1S/C14H16N2O2/c1-10-11(2)16(9-15-10)7-13-6-12(8-17)4-5-14(13)18-3/h4-6,8-9H,7H2,1-3H3. The third-order valence-corrected chi connectivity index (χ3v) is 3.13. The molecule has 4 nitrogen and oxygen atoms in total. The molecule has 0 aliphatic rings. The third kappa shape index (κ3) is 2.27. The van der Waals surface area contributed by atoms with Crippen LogP contribution >= 0.6 is 0 Å². The second-order valence-corrected chi connectivity index (χ2v) is 4.23. The Kier molecular flexibility index (Phi) is 3.46. The summed E-state index contributed by atoms with van der Waals surface area (Å²) in [7, 11) is 1.63. The number of hydrogen-bond donors (Lipinski definition) is 0. The highest BCUT2D eigenvalue weighted by atomic mass is 16.5. The molecule has 0 bridgehead atoms. The van der Waals surface area contributed by atoms with E-state index in [1.807, 2.05) is 30.5 Å². The van der Waals surface area contributed by atoms with E-state index < -0.39 is 0 Å². The van der Waals surface area contributed by atoms with Gasteiger partial charge >= 0.3 is 0 Å². The van der Waals surface area contributed by atoms with Crippen LogP contribution in [0.3, 0.4) is 0 Å². The van der Waals surface area contributed by atoms with Gasteiger partial charge in [0, 0.05) is 16.8 Å². The number of carbonyl (C=O) groups excluding carboxylic acids is 1. The Morgan fingerprint density at radius 3 is 2.72 bits per heavy atom. The van der Waals surface area contributed by atoms with Crippen LogP contribution in [0, 0.1) is 13.8 Å². The molecular formula is C14H16N2O2. The molecule has 0 saturated carbocycles. The zero-order valence-electron chi connectivity index (χ0n) is 10.8. The molecule has 0 radical (unpaired) electrons. The predicted octanol–water partition coefficient (Wildman–Crippen LogP) is 2.37. The monoisotopic (exact) mass is 244 g/mol. The van der Waals surface area contributed by atoms with Crippen molar-refractivity contribution < 1.29 is 9.53 Å². The molecule has 0 aliphatic carbocycles. The van der Waals surface area contributed by atoms with Gasteiger partial charge in [-0.25, -0.2) is 4.98 Å². The Morgan fingerprint density at radius 1 is 1.39 bits per heavy atom. The van der Waals surface area contributed by atoms with Crippen molar-refractivity contribution in [1.82, 2.24) is 9.55 Å². The molecule has 0 aliphatic heterocycles. The van der Waals surface area contributed by atoms with Gasteiger partial charge in [-0.15, -0.1) is 0 Å². The van der Waals surface area contributed by atoms with Crippen molar-refractivity contribution in [2.75, 3.05) is 7.11 Å². The number of imidazole rings is 1. The number of rotatable bonds is 4. The van der Waals surface area contributed by atoms with E-state index >= 15 is 0 Å². The fourth-order valence-corrected chi connectivity index (χ4v) is 1.88. The molecule has 1 aromatic heterocycles. The van der Waals surface area contributed by atoms with E-state index in [-0.39, 0.29) is 0 Å². The number of nitrogens with zero attached hydrogens (tertiary/aromatic N) is 2. The number of benzene rings is 1. The SMILES string of the molecule is COc1ccc(C=O)cc1Cn1cnc(C)c1C. The summed E-state index contributed by atoms with van der Waals surface area (Å²) < 4.78 is 7.36. The Balaban J connectivity index is 2.38. The number of aromatic nitrogens is 2. The fourth-order valence-electron chi connectivity index (χ4n) is 1.88. The molecule has 0 spiro atoms. The highest BCUT2D eigenvalue weighted by Gasteiger charge is 2.08. The Bertz CT molecular complexity index is 573. The van der Waals surface area contributed by atoms with E-state index in [0.29, 0.717) is 12.1 Å². The highest BCUT2D eigenvalue weighted by molar-refractivity contribution is 5.75. The maximum absolute atomic E-state index is 10.8. The molecule has 1 aromatic carbocycles. The van der Waals surface area contributed by atoms with Crippen LogP contribution in [0.5, 0.6) is 5.75 Å². The average molecular weight is 244 g/mol. The van der Waals surface area contributed by atoms with Gasteiger partial charge in [0.15, 0.2) is 0 Å². The number of aryl methyl sites for hydroxylation is 1. The maximum atomic E-state index is 10.8. The lowest BCUT2D eigenvalue weighted by atomic mass is 10.1. The van der Waals surface area contributed by atoms with Crippen molar-refractivity contribution in [3.63, 3.8) is 0 Å². The molecule has 94 valence electrons. The van der Waals surface area contributed by atoms with E-state index in [2.05, 4.69) is 4.98 Å². The summed E-state index contributed by atoms with van der Waals surface area (Å²) in [6.07, 6.45) is 2.65. The van der Waals surface area contributed by atoms with E-state index in [4.69, 9.17) is 4.74 Å². The summed E-state index contributed by atoms with van der Waals surface area (Å²) >= 11 is 0. The average Bonchev–Trinajstić information content (AvgIpc) is 2.70. The topological polar surface area (TPSA) is 44.1 Å². The minimum Gasteiger partial charge on any atom is -0.496 e. The first kappa shape index (κ1) is 12.4. The van der Waals surface area contributed by atoms with Gasteiger partial charge in [-0.3, -0.25) is 4.79 Å². The molecule has 0 fully saturated rings. The van der Waals surface area contributed by atoms with E-state index in [0.717, 1.165) is 29.0 Å². The van der Waals surface area contributed by atoms with Crippen LogP contribution in [-0.4, -0.2) is 22.9 Å². The van der Waals surface area contributed by atoms with E-state index in [1.54, 1.807) is 19.5 Å². The summed E-state index contributed by atoms with van der Waals surface area (Å²) in [5.74, 6) is 0.784. The molecule has 1 heterocycles. The fraction of sp³-hybridized carbons (Fsp3) is 0.286. The van der Waals surface area contributed by atoms with Gasteiger partial charge in [0.25, 0.3) is 0 Å². The molecule has 4 heteroatoms. The lowest BCUT2D eigenvalue weighted by Crippen LogP contribution is -2.03. The lowest BCUT2D eigenvalue weighted by molar-refractivity contribution is 0.112. The van der Waals surface area contributed by atoms with Crippen molar-refractivity contribution in [2.45, 2.75) is 20.4 Å². The Hall–Kier alpha value is -2.10. The van der Waals surface area contributed by atoms with Crippen molar-refractivity contribution in [1.29, 1.82) is 0 Å². The summed E-state index contributed by atoms with van der Waals surface area (Å²) in [4.78, 5) is 15.1. The minimum atomic E-state index is 0.650. The number of ether oxygens (including phenoxy) is 1. The second kappa shape index (κ2) is 5.04. The first-order chi connectivity index (χ1) is 8.65.